The van der Waals surface area contributed by atoms with E-state index in [4.69, 9.17) is 15.2 Å². The molecule has 1 aliphatic heterocycles. The molecule has 1 aromatic carbocycles. The van der Waals surface area contributed by atoms with Crippen molar-refractivity contribution in [3.05, 3.63) is 29.8 Å². The number of amides is 1. The number of carbonyl (C=O) groups is 1. The maximum Gasteiger partial charge on any atom is 0.241 e. The molecule has 1 unspecified atom stereocenters. The van der Waals surface area contributed by atoms with Gasteiger partial charge in [0.05, 0.1) is 12.6 Å². The van der Waals surface area contributed by atoms with Crippen LogP contribution in [0.4, 0.5) is 5.69 Å². The number of hydrogen-bond acceptors (Lipinski definition) is 4. The molecule has 0 radical (unpaired) electrons. The second kappa shape index (κ2) is 9.79. The van der Waals surface area contributed by atoms with E-state index in [9.17, 15) is 4.79 Å². The SMILES string of the molecule is CCOCc1ccc(NC(=O)C(N)C2CCOCC2)cc1.Cl. The highest BCUT2D eigenvalue weighted by Gasteiger charge is 2.26. The molecule has 0 aliphatic carbocycles. The van der Waals surface area contributed by atoms with Crippen molar-refractivity contribution >= 4 is 24.0 Å². The van der Waals surface area contributed by atoms with Gasteiger partial charge in [-0.25, -0.2) is 0 Å². The third-order valence-electron chi connectivity index (χ3n) is 3.77. The van der Waals surface area contributed by atoms with Crippen molar-refractivity contribution in [3.63, 3.8) is 0 Å². The van der Waals surface area contributed by atoms with Crippen molar-refractivity contribution in [2.24, 2.45) is 11.7 Å². The first kappa shape index (κ1) is 18.9. The molecule has 0 spiro atoms. The molecule has 1 aromatic rings. The Hall–Kier alpha value is -1.14. The molecule has 0 bridgehead atoms. The van der Waals surface area contributed by atoms with Gasteiger partial charge in [0.15, 0.2) is 0 Å². The van der Waals surface area contributed by atoms with Crippen LogP contribution in [0.15, 0.2) is 24.3 Å². The number of rotatable bonds is 6. The van der Waals surface area contributed by atoms with Gasteiger partial charge in [-0.05, 0) is 43.4 Å². The highest BCUT2D eigenvalue weighted by molar-refractivity contribution is 5.94. The first-order valence-electron chi connectivity index (χ1n) is 7.51. The number of ether oxygens (including phenoxy) is 2. The number of nitrogens with two attached hydrogens (primary N) is 1. The van der Waals surface area contributed by atoms with Crippen LogP contribution < -0.4 is 11.1 Å². The summed E-state index contributed by atoms with van der Waals surface area (Å²) in [6, 6.07) is 7.18. The predicted octanol–water partition coefficient (Wildman–Crippen LogP) is 2.34. The fourth-order valence-electron chi connectivity index (χ4n) is 2.42. The largest absolute Gasteiger partial charge is 0.381 e. The number of hydrogen-bond donors (Lipinski definition) is 2. The van der Waals surface area contributed by atoms with Gasteiger partial charge in [-0.15, -0.1) is 12.4 Å². The van der Waals surface area contributed by atoms with E-state index in [0.29, 0.717) is 26.4 Å². The average molecular weight is 329 g/mol. The molecule has 5 nitrogen and oxygen atoms in total. The van der Waals surface area contributed by atoms with E-state index in [1.165, 1.54) is 0 Å². The summed E-state index contributed by atoms with van der Waals surface area (Å²) < 4.78 is 10.6. The van der Waals surface area contributed by atoms with Crippen LogP contribution in [0.1, 0.15) is 25.3 Å². The lowest BCUT2D eigenvalue weighted by molar-refractivity contribution is -0.119. The van der Waals surface area contributed by atoms with Crippen molar-refractivity contribution in [2.75, 3.05) is 25.1 Å². The van der Waals surface area contributed by atoms with E-state index in [0.717, 1.165) is 24.1 Å². The van der Waals surface area contributed by atoms with Crippen LogP contribution >= 0.6 is 12.4 Å². The van der Waals surface area contributed by atoms with Crippen LogP contribution in [0.3, 0.4) is 0 Å². The summed E-state index contributed by atoms with van der Waals surface area (Å²) in [6.45, 7) is 4.63. The standard InChI is InChI=1S/C16H24N2O3.ClH/c1-2-20-11-12-3-5-14(6-4-12)18-16(19)15(17)13-7-9-21-10-8-13;/h3-6,13,15H,2,7-11,17H2,1H3,(H,18,19);1H. The van der Waals surface area contributed by atoms with E-state index in [-0.39, 0.29) is 24.2 Å². The van der Waals surface area contributed by atoms with E-state index in [1.54, 1.807) is 0 Å². The minimum absolute atomic E-state index is 0. The van der Waals surface area contributed by atoms with E-state index in [2.05, 4.69) is 5.32 Å². The molecule has 2 rings (SSSR count). The van der Waals surface area contributed by atoms with Crippen LogP contribution in [-0.4, -0.2) is 31.8 Å². The summed E-state index contributed by atoms with van der Waals surface area (Å²) in [5.74, 6) is 0.0791. The van der Waals surface area contributed by atoms with Crippen molar-refractivity contribution in [1.82, 2.24) is 0 Å². The highest BCUT2D eigenvalue weighted by Crippen LogP contribution is 2.19. The fraction of sp³-hybridized carbons (Fsp3) is 0.562. The lowest BCUT2D eigenvalue weighted by Crippen LogP contribution is -2.43. The average Bonchev–Trinajstić information content (AvgIpc) is 2.54. The van der Waals surface area contributed by atoms with Crippen LogP contribution in [0.2, 0.25) is 0 Å². The van der Waals surface area contributed by atoms with Crippen molar-refractivity contribution in [2.45, 2.75) is 32.4 Å². The minimum atomic E-state index is -0.475. The van der Waals surface area contributed by atoms with Gasteiger partial charge in [-0.1, -0.05) is 12.1 Å². The van der Waals surface area contributed by atoms with Crippen LogP contribution in [0, 0.1) is 5.92 Å². The zero-order valence-electron chi connectivity index (χ0n) is 12.9. The molecule has 1 atom stereocenters. The summed E-state index contributed by atoms with van der Waals surface area (Å²) in [4.78, 5) is 12.2. The molecule has 3 N–H and O–H groups in total. The van der Waals surface area contributed by atoms with Crippen molar-refractivity contribution in [1.29, 1.82) is 0 Å². The highest BCUT2D eigenvalue weighted by atomic mass is 35.5. The third kappa shape index (κ3) is 5.57. The molecule has 1 saturated heterocycles. The second-order valence-electron chi connectivity index (χ2n) is 5.30. The maximum absolute atomic E-state index is 12.2. The first-order chi connectivity index (χ1) is 10.2. The van der Waals surface area contributed by atoms with E-state index < -0.39 is 6.04 Å². The Morgan fingerprint density at radius 2 is 2.00 bits per heavy atom. The number of halogens is 1. The predicted molar refractivity (Wildman–Crippen MR) is 89.2 cm³/mol. The van der Waals surface area contributed by atoms with Gasteiger partial charge >= 0.3 is 0 Å². The zero-order valence-corrected chi connectivity index (χ0v) is 13.7. The number of carbonyl (C=O) groups excluding carboxylic acids is 1. The molecular weight excluding hydrogens is 304 g/mol. The van der Waals surface area contributed by atoms with Gasteiger partial charge in [0.2, 0.25) is 5.91 Å². The van der Waals surface area contributed by atoms with Crippen LogP contribution in [0.5, 0.6) is 0 Å². The topological polar surface area (TPSA) is 73.6 Å². The van der Waals surface area contributed by atoms with Gasteiger partial charge < -0.3 is 20.5 Å². The Morgan fingerprint density at radius 3 is 2.59 bits per heavy atom. The van der Waals surface area contributed by atoms with E-state index >= 15 is 0 Å². The molecule has 0 aromatic heterocycles. The first-order valence-corrected chi connectivity index (χ1v) is 7.51. The molecule has 6 heteroatoms. The van der Waals surface area contributed by atoms with Gasteiger partial charge in [0.25, 0.3) is 0 Å². The molecule has 22 heavy (non-hydrogen) atoms. The summed E-state index contributed by atoms with van der Waals surface area (Å²) in [5.41, 5.74) is 7.90. The van der Waals surface area contributed by atoms with Crippen LogP contribution in [0.25, 0.3) is 0 Å². The Labute approximate surface area is 138 Å². The Bertz CT molecular complexity index is 447. The van der Waals surface area contributed by atoms with Gasteiger partial charge in [0.1, 0.15) is 0 Å². The Balaban J connectivity index is 0.00000242. The summed E-state index contributed by atoms with van der Waals surface area (Å²) in [5, 5.41) is 2.88. The van der Waals surface area contributed by atoms with Gasteiger partial charge in [0, 0.05) is 25.5 Å². The van der Waals surface area contributed by atoms with Crippen molar-refractivity contribution < 1.29 is 14.3 Å². The third-order valence-corrected chi connectivity index (χ3v) is 3.77. The lowest BCUT2D eigenvalue weighted by atomic mass is 9.92. The fourth-order valence-corrected chi connectivity index (χ4v) is 2.42. The molecular formula is C16H25ClN2O3. The summed E-state index contributed by atoms with van der Waals surface area (Å²) in [7, 11) is 0. The normalized spacial score (nSPS) is 16.6. The summed E-state index contributed by atoms with van der Waals surface area (Å²) >= 11 is 0. The molecule has 1 aliphatic rings. The molecule has 124 valence electrons. The quantitative estimate of drug-likeness (QED) is 0.840. The summed E-state index contributed by atoms with van der Waals surface area (Å²) in [6.07, 6.45) is 1.70. The van der Waals surface area contributed by atoms with E-state index in [1.807, 2.05) is 31.2 Å². The zero-order chi connectivity index (χ0) is 15.1. The molecule has 1 amide bonds. The number of benzene rings is 1. The number of anilines is 1. The lowest BCUT2D eigenvalue weighted by Gasteiger charge is -2.26. The minimum Gasteiger partial charge on any atom is -0.381 e. The van der Waals surface area contributed by atoms with Crippen molar-refractivity contribution in [3.8, 4) is 0 Å². The smallest absolute Gasteiger partial charge is 0.241 e. The maximum atomic E-state index is 12.2. The Kier molecular flexibility index (Phi) is 8.42. The van der Waals surface area contributed by atoms with Crippen LogP contribution in [-0.2, 0) is 20.9 Å². The molecule has 0 saturated carbocycles. The monoisotopic (exact) mass is 328 g/mol. The van der Waals surface area contributed by atoms with Gasteiger partial charge in [-0.3, -0.25) is 4.79 Å². The molecule has 1 fully saturated rings. The van der Waals surface area contributed by atoms with Gasteiger partial charge in [-0.2, -0.15) is 0 Å². The Morgan fingerprint density at radius 1 is 1.36 bits per heavy atom. The second-order valence-corrected chi connectivity index (χ2v) is 5.30. The number of nitrogens with one attached hydrogen (secondary N) is 1. The molecule has 1 heterocycles.